The Bertz CT molecular complexity index is 665. The van der Waals surface area contributed by atoms with E-state index in [1.807, 2.05) is 32.0 Å². The summed E-state index contributed by atoms with van der Waals surface area (Å²) < 4.78 is 0. The Hall–Kier alpha value is -2.49. The topological polar surface area (TPSA) is 69.6 Å². The number of phenols is 2. The third-order valence-electron chi connectivity index (χ3n) is 3.39. The van der Waals surface area contributed by atoms with E-state index in [2.05, 4.69) is 5.32 Å². The van der Waals surface area contributed by atoms with Gasteiger partial charge in [-0.05, 0) is 55.7 Å². The summed E-state index contributed by atoms with van der Waals surface area (Å²) in [5.41, 5.74) is 3.46. The SMILES string of the molecule is Cc1cccc(C(=O)NCCc2cc(O)c(O)cc2C)c1. The number of carbonyl (C=O) groups is 1. The Labute approximate surface area is 124 Å². The first kappa shape index (κ1) is 14.9. The van der Waals surface area contributed by atoms with Crippen LogP contribution in [0.2, 0.25) is 0 Å². The van der Waals surface area contributed by atoms with Crippen LogP contribution in [0.25, 0.3) is 0 Å². The van der Waals surface area contributed by atoms with Gasteiger partial charge < -0.3 is 15.5 Å². The fourth-order valence-corrected chi connectivity index (χ4v) is 2.19. The summed E-state index contributed by atoms with van der Waals surface area (Å²) in [4.78, 5) is 12.0. The number of phenolic OH excluding ortho intramolecular Hbond substituents is 2. The minimum atomic E-state index is -0.138. The van der Waals surface area contributed by atoms with Gasteiger partial charge in [-0.15, -0.1) is 0 Å². The second-order valence-electron chi connectivity index (χ2n) is 5.14. The molecular formula is C17H19NO3. The summed E-state index contributed by atoms with van der Waals surface area (Å²) in [7, 11) is 0. The Kier molecular flexibility index (Phi) is 4.48. The van der Waals surface area contributed by atoms with Crippen molar-refractivity contribution in [1.29, 1.82) is 0 Å². The molecule has 21 heavy (non-hydrogen) atoms. The summed E-state index contributed by atoms with van der Waals surface area (Å²) in [6.45, 7) is 4.27. The van der Waals surface area contributed by atoms with Crippen LogP contribution in [0, 0.1) is 13.8 Å². The van der Waals surface area contributed by atoms with Crippen LogP contribution in [0.3, 0.4) is 0 Å². The molecule has 1 amide bonds. The molecule has 2 rings (SSSR count). The number of amides is 1. The van der Waals surface area contributed by atoms with E-state index in [0.717, 1.165) is 16.7 Å². The molecule has 0 radical (unpaired) electrons. The highest BCUT2D eigenvalue weighted by Gasteiger charge is 2.08. The summed E-state index contributed by atoms with van der Waals surface area (Å²) in [5.74, 6) is -0.375. The molecule has 0 aliphatic heterocycles. The normalized spacial score (nSPS) is 10.4. The smallest absolute Gasteiger partial charge is 0.251 e. The third kappa shape index (κ3) is 3.75. The second-order valence-corrected chi connectivity index (χ2v) is 5.14. The number of benzene rings is 2. The van der Waals surface area contributed by atoms with Crippen molar-refractivity contribution in [2.24, 2.45) is 0 Å². The molecule has 0 bridgehead atoms. The van der Waals surface area contributed by atoms with Crippen LogP contribution < -0.4 is 5.32 Å². The van der Waals surface area contributed by atoms with Crippen molar-refractivity contribution >= 4 is 5.91 Å². The highest BCUT2D eigenvalue weighted by molar-refractivity contribution is 5.94. The van der Waals surface area contributed by atoms with Crippen LogP contribution in [0.1, 0.15) is 27.0 Å². The Morgan fingerprint density at radius 2 is 1.81 bits per heavy atom. The van der Waals surface area contributed by atoms with Crippen molar-refractivity contribution in [3.8, 4) is 11.5 Å². The Morgan fingerprint density at radius 1 is 1.10 bits per heavy atom. The molecule has 0 saturated carbocycles. The zero-order chi connectivity index (χ0) is 15.4. The molecule has 0 spiro atoms. The largest absolute Gasteiger partial charge is 0.504 e. The fourth-order valence-electron chi connectivity index (χ4n) is 2.19. The molecular weight excluding hydrogens is 266 g/mol. The lowest BCUT2D eigenvalue weighted by atomic mass is 10.0. The van der Waals surface area contributed by atoms with Crippen LogP contribution in [0.15, 0.2) is 36.4 Å². The quantitative estimate of drug-likeness (QED) is 0.756. The number of carbonyl (C=O) groups excluding carboxylic acids is 1. The van der Waals surface area contributed by atoms with Gasteiger partial charge in [-0.2, -0.15) is 0 Å². The van der Waals surface area contributed by atoms with E-state index in [1.165, 1.54) is 12.1 Å². The van der Waals surface area contributed by atoms with Crippen molar-refractivity contribution in [1.82, 2.24) is 5.32 Å². The number of nitrogens with one attached hydrogen (secondary N) is 1. The standard InChI is InChI=1S/C17H19NO3/c1-11-4-3-5-14(8-11)17(21)18-7-6-13-10-16(20)15(19)9-12(13)2/h3-5,8-10,19-20H,6-7H2,1-2H3,(H,18,21). The molecule has 110 valence electrons. The molecule has 4 heteroatoms. The van der Waals surface area contributed by atoms with Crippen molar-refractivity contribution in [2.75, 3.05) is 6.54 Å². The number of aromatic hydroxyl groups is 2. The lowest BCUT2D eigenvalue weighted by Crippen LogP contribution is -2.25. The maximum absolute atomic E-state index is 12.0. The Morgan fingerprint density at radius 3 is 2.52 bits per heavy atom. The highest BCUT2D eigenvalue weighted by Crippen LogP contribution is 2.28. The summed E-state index contributed by atoms with van der Waals surface area (Å²) >= 11 is 0. The summed E-state index contributed by atoms with van der Waals surface area (Å²) in [6, 6.07) is 10.5. The molecule has 0 aromatic heterocycles. The molecule has 0 aliphatic rings. The zero-order valence-electron chi connectivity index (χ0n) is 12.2. The molecule has 0 fully saturated rings. The predicted molar refractivity (Wildman–Crippen MR) is 81.7 cm³/mol. The maximum Gasteiger partial charge on any atom is 0.251 e. The minimum absolute atomic E-state index is 0.112. The van der Waals surface area contributed by atoms with Gasteiger partial charge in [-0.3, -0.25) is 4.79 Å². The second kappa shape index (κ2) is 6.31. The average Bonchev–Trinajstić information content (AvgIpc) is 2.44. The van der Waals surface area contributed by atoms with Crippen LogP contribution in [-0.4, -0.2) is 22.7 Å². The van der Waals surface area contributed by atoms with Gasteiger partial charge in [0.1, 0.15) is 0 Å². The van der Waals surface area contributed by atoms with Crippen LogP contribution in [0.5, 0.6) is 11.5 Å². The van der Waals surface area contributed by atoms with Gasteiger partial charge in [-0.25, -0.2) is 0 Å². The molecule has 2 aromatic rings. The van der Waals surface area contributed by atoms with E-state index in [1.54, 1.807) is 6.07 Å². The molecule has 0 aliphatic carbocycles. The van der Waals surface area contributed by atoms with Gasteiger partial charge in [0.2, 0.25) is 0 Å². The first-order chi connectivity index (χ1) is 9.97. The number of hydrogen-bond donors (Lipinski definition) is 3. The van der Waals surface area contributed by atoms with Crippen molar-refractivity contribution in [3.63, 3.8) is 0 Å². The minimum Gasteiger partial charge on any atom is -0.504 e. The molecule has 2 aromatic carbocycles. The van der Waals surface area contributed by atoms with Crippen molar-refractivity contribution < 1.29 is 15.0 Å². The van der Waals surface area contributed by atoms with E-state index in [9.17, 15) is 15.0 Å². The van der Waals surface area contributed by atoms with Crippen molar-refractivity contribution in [2.45, 2.75) is 20.3 Å². The lowest BCUT2D eigenvalue weighted by molar-refractivity contribution is 0.0954. The molecule has 3 N–H and O–H groups in total. The van der Waals surface area contributed by atoms with E-state index in [4.69, 9.17) is 0 Å². The van der Waals surface area contributed by atoms with Gasteiger partial charge in [0.05, 0.1) is 0 Å². The predicted octanol–water partition coefficient (Wildman–Crippen LogP) is 2.69. The number of hydrogen-bond acceptors (Lipinski definition) is 3. The highest BCUT2D eigenvalue weighted by atomic mass is 16.3. The van der Waals surface area contributed by atoms with E-state index < -0.39 is 0 Å². The monoisotopic (exact) mass is 285 g/mol. The van der Waals surface area contributed by atoms with Crippen LogP contribution in [-0.2, 0) is 6.42 Å². The summed E-state index contributed by atoms with van der Waals surface area (Å²) in [6.07, 6.45) is 0.594. The maximum atomic E-state index is 12.0. The van der Waals surface area contributed by atoms with Gasteiger partial charge >= 0.3 is 0 Å². The molecule has 0 unspecified atom stereocenters. The van der Waals surface area contributed by atoms with E-state index in [-0.39, 0.29) is 17.4 Å². The van der Waals surface area contributed by atoms with Gasteiger partial charge in [0.25, 0.3) is 5.91 Å². The first-order valence-electron chi connectivity index (χ1n) is 6.83. The number of aryl methyl sites for hydroxylation is 2. The molecule has 0 heterocycles. The van der Waals surface area contributed by atoms with Crippen molar-refractivity contribution in [3.05, 3.63) is 58.7 Å². The summed E-state index contributed by atoms with van der Waals surface area (Å²) in [5, 5.41) is 21.8. The fraction of sp³-hybridized carbons (Fsp3) is 0.235. The van der Waals surface area contributed by atoms with Crippen LogP contribution in [0.4, 0.5) is 0 Å². The van der Waals surface area contributed by atoms with Crippen LogP contribution >= 0.6 is 0 Å². The third-order valence-corrected chi connectivity index (χ3v) is 3.39. The van der Waals surface area contributed by atoms with E-state index >= 15 is 0 Å². The number of rotatable bonds is 4. The van der Waals surface area contributed by atoms with Gasteiger partial charge in [0, 0.05) is 12.1 Å². The first-order valence-corrected chi connectivity index (χ1v) is 6.83. The Balaban J connectivity index is 1.96. The zero-order valence-corrected chi connectivity index (χ0v) is 12.2. The average molecular weight is 285 g/mol. The van der Waals surface area contributed by atoms with Gasteiger partial charge in [-0.1, -0.05) is 17.7 Å². The molecule has 0 atom stereocenters. The molecule has 0 saturated heterocycles. The lowest BCUT2D eigenvalue weighted by Gasteiger charge is -2.09. The molecule has 4 nitrogen and oxygen atoms in total. The van der Waals surface area contributed by atoms with Gasteiger partial charge in [0.15, 0.2) is 11.5 Å². The van der Waals surface area contributed by atoms with E-state index in [0.29, 0.717) is 18.5 Å².